The maximum Gasteiger partial charge on any atom is 0.274 e. The van der Waals surface area contributed by atoms with Crippen LogP contribution in [0.5, 0.6) is 11.5 Å². The smallest absolute Gasteiger partial charge is 0.274 e. The first-order valence-corrected chi connectivity index (χ1v) is 15.2. The molecule has 0 bridgehead atoms. The minimum absolute atomic E-state index is 0.247. The number of aliphatic hydroxyl groups is 1. The number of hydrogen-bond acceptors (Lipinski definition) is 6. The van der Waals surface area contributed by atoms with Crippen molar-refractivity contribution in [2.24, 2.45) is 7.05 Å². The Labute approximate surface area is 261 Å². The fourth-order valence-corrected chi connectivity index (χ4v) is 5.96. The lowest BCUT2D eigenvalue weighted by molar-refractivity contribution is 0.0590. The molecule has 0 atom stereocenters. The van der Waals surface area contributed by atoms with Gasteiger partial charge in [0.2, 0.25) is 0 Å². The average molecular weight is 610 g/mol. The Bertz CT molecular complexity index is 2020. The molecule has 4 heterocycles. The molecule has 234 valence electrons. The van der Waals surface area contributed by atoms with Gasteiger partial charge in [-0.25, -0.2) is 0 Å². The topological polar surface area (TPSA) is 123 Å². The first kappa shape index (κ1) is 30.4. The molecular formula is C35H39N5O5. The second kappa shape index (κ2) is 11.7. The monoisotopic (exact) mass is 609 g/mol. The highest BCUT2D eigenvalue weighted by atomic mass is 16.5. The van der Waals surface area contributed by atoms with E-state index in [1.165, 1.54) is 4.57 Å². The van der Waals surface area contributed by atoms with Crippen LogP contribution >= 0.6 is 0 Å². The fraction of sp³-hybridized carbons (Fsp3) is 0.343. The summed E-state index contributed by atoms with van der Waals surface area (Å²) in [4.78, 5) is 29.2. The maximum absolute atomic E-state index is 13.3. The minimum Gasteiger partial charge on any atom is -0.456 e. The average Bonchev–Trinajstić information content (AvgIpc) is 3.59. The molecule has 3 N–H and O–H groups in total. The number of aromatic nitrogens is 4. The summed E-state index contributed by atoms with van der Waals surface area (Å²) in [5, 5.41) is 20.2. The number of aryl methyl sites for hydroxylation is 3. The fourth-order valence-electron chi connectivity index (χ4n) is 5.96. The highest BCUT2D eigenvalue weighted by Crippen LogP contribution is 2.43. The van der Waals surface area contributed by atoms with Gasteiger partial charge in [0.15, 0.2) is 0 Å². The summed E-state index contributed by atoms with van der Waals surface area (Å²) < 4.78 is 15.7. The zero-order chi connectivity index (χ0) is 32.0. The van der Waals surface area contributed by atoms with Crippen molar-refractivity contribution in [3.05, 3.63) is 81.5 Å². The molecule has 2 aromatic carbocycles. The molecule has 0 aliphatic carbocycles. The molecule has 0 saturated carbocycles. The van der Waals surface area contributed by atoms with Crippen molar-refractivity contribution in [3.63, 3.8) is 0 Å². The Kier molecular flexibility index (Phi) is 7.88. The number of hydrogen-bond donors (Lipinski definition) is 3. The Hall–Kier alpha value is -4.67. The van der Waals surface area contributed by atoms with Gasteiger partial charge in [-0.2, -0.15) is 5.10 Å². The van der Waals surface area contributed by atoms with E-state index in [0.717, 1.165) is 51.0 Å². The number of aromatic amines is 1. The van der Waals surface area contributed by atoms with E-state index in [-0.39, 0.29) is 18.0 Å². The molecule has 10 heteroatoms. The van der Waals surface area contributed by atoms with Gasteiger partial charge >= 0.3 is 0 Å². The molecule has 10 nitrogen and oxygen atoms in total. The summed E-state index contributed by atoms with van der Waals surface area (Å²) in [6, 6.07) is 11.8. The SMILES string of the molecule is CCNC(=O)c1cc2c(-c3cc4c(cc3Oc3c(C)cccc3C)c(C3=CCOCC3)nn4CC(C)(C)O)cn(C)c(=O)c2[nH]1. The lowest BCUT2D eigenvalue weighted by Crippen LogP contribution is -2.26. The molecule has 1 aliphatic heterocycles. The predicted octanol–water partition coefficient (Wildman–Crippen LogP) is 5.62. The summed E-state index contributed by atoms with van der Waals surface area (Å²) in [7, 11) is 1.69. The molecule has 1 amide bonds. The standard InChI is InChI=1S/C35H39N5O5/c1-7-36-33(41)27-15-24-26(18-39(6)34(42)31(24)37-27)23-16-28-25(17-29(23)45-32-20(2)9-8-10-21(32)3)30(22-11-13-44-14-12-22)38-40(28)19-35(4,5)43/h8-11,15-18,37,43H,7,12-14,19H2,1-6H3,(H,36,41). The van der Waals surface area contributed by atoms with Gasteiger partial charge in [0.25, 0.3) is 11.5 Å². The van der Waals surface area contributed by atoms with E-state index in [1.54, 1.807) is 33.2 Å². The van der Waals surface area contributed by atoms with E-state index in [4.69, 9.17) is 14.6 Å². The third-order valence-corrected chi connectivity index (χ3v) is 8.11. The Morgan fingerprint density at radius 3 is 2.58 bits per heavy atom. The van der Waals surface area contributed by atoms with Crippen molar-refractivity contribution in [1.29, 1.82) is 0 Å². The zero-order valence-corrected chi connectivity index (χ0v) is 26.6. The van der Waals surface area contributed by atoms with Crippen LogP contribution < -0.4 is 15.6 Å². The number of rotatable bonds is 8. The van der Waals surface area contributed by atoms with Crippen molar-refractivity contribution in [3.8, 4) is 22.6 Å². The van der Waals surface area contributed by atoms with Gasteiger partial charge in [-0.3, -0.25) is 14.3 Å². The van der Waals surface area contributed by atoms with Crippen molar-refractivity contribution < 1.29 is 19.4 Å². The quantitative estimate of drug-likeness (QED) is 0.210. The molecule has 3 aromatic heterocycles. The molecular weight excluding hydrogens is 570 g/mol. The predicted molar refractivity (Wildman–Crippen MR) is 176 cm³/mol. The molecule has 5 aromatic rings. The van der Waals surface area contributed by atoms with Crippen LogP contribution in [0.15, 0.2) is 53.5 Å². The van der Waals surface area contributed by atoms with Gasteiger partial charge in [-0.05, 0) is 75.9 Å². The minimum atomic E-state index is -1.03. The van der Waals surface area contributed by atoms with E-state index in [0.29, 0.717) is 47.7 Å². The molecule has 1 aliphatic rings. The van der Waals surface area contributed by atoms with Crippen LogP contribution in [0, 0.1) is 13.8 Å². The van der Waals surface area contributed by atoms with Crippen LogP contribution in [0.25, 0.3) is 38.5 Å². The van der Waals surface area contributed by atoms with Crippen molar-refractivity contribution in [2.45, 2.75) is 53.2 Å². The van der Waals surface area contributed by atoms with Crippen molar-refractivity contribution >= 4 is 33.3 Å². The van der Waals surface area contributed by atoms with E-state index in [9.17, 15) is 14.7 Å². The summed E-state index contributed by atoms with van der Waals surface area (Å²) in [6.45, 7) is 11.2. The first-order valence-electron chi connectivity index (χ1n) is 15.2. The first-order chi connectivity index (χ1) is 21.4. The molecule has 45 heavy (non-hydrogen) atoms. The number of para-hydroxylation sites is 1. The number of pyridine rings is 1. The van der Waals surface area contributed by atoms with Gasteiger partial charge in [0, 0.05) is 41.7 Å². The highest BCUT2D eigenvalue weighted by molar-refractivity contribution is 6.05. The summed E-state index contributed by atoms with van der Waals surface area (Å²) in [5.41, 5.74) is 5.46. The Balaban J connectivity index is 1.68. The van der Waals surface area contributed by atoms with E-state index in [2.05, 4.69) is 16.4 Å². The Morgan fingerprint density at radius 1 is 1.16 bits per heavy atom. The number of nitrogens with one attached hydrogen (secondary N) is 2. The summed E-state index contributed by atoms with van der Waals surface area (Å²) in [6.07, 6.45) is 4.55. The van der Waals surface area contributed by atoms with Crippen LogP contribution in [0.4, 0.5) is 0 Å². The van der Waals surface area contributed by atoms with Crippen LogP contribution in [0.2, 0.25) is 0 Å². The van der Waals surface area contributed by atoms with Gasteiger partial charge in [-0.1, -0.05) is 24.3 Å². The number of H-pyrrole nitrogens is 1. The van der Waals surface area contributed by atoms with Crippen molar-refractivity contribution in [1.82, 2.24) is 24.6 Å². The largest absolute Gasteiger partial charge is 0.456 e. The van der Waals surface area contributed by atoms with Crippen LogP contribution in [-0.4, -0.2) is 55.7 Å². The number of ether oxygens (including phenoxy) is 2. The third kappa shape index (κ3) is 5.79. The molecule has 0 spiro atoms. The Morgan fingerprint density at radius 2 is 1.91 bits per heavy atom. The van der Waals surface area contributed by atoms with Crippen molar-refractivity contribution in [2.75, 3.05) is 19.8 Å². The number of benzene rings is 2. The molecule has 0 radical (unpaired) electrons. The second-order valence-corrected chi connectivity index (χ2v) is 12.4. The maximum atomic E-state index is 13.3. The molecule has 0 fully saturated rings. The molecule has 0 saturated heterocycles. The highest BCUT2D eigenvalue weighted by Gasteiger charge is 2.25. The third-order valence-electron chi connectivity index (χ3n) is 8.11. The van der Waals surface area contributed by atoms with Gasteiger partial charge in [0.1, 0.15) is 22.7 Å². The van der Waals surface area contributed by atoms with E-state index >= 15 is 0 Å². The second-order valence-electron chi connectivity index (χ2n) is 12.4. The summed E-state index contributed by atoms with van der Waals surface area (Å²) in [5.74, 6) is 1.03. The van der Waals surface area contributed by atoms with E-state index in [1.807, 2.05) is 55.8 Å². The normalized spacial score (nSPS) is 13.8. The van der Waals surface area contributed by atoms with E-state index < -0.39 is 5.60 Å². The van der Waals surface area contributed by atoms with Gasteiger partial charge in [-0.15, -0.1) is 0 Å². The molecule has 6 rings (SSSR count). The number of amides is 1. The number of nitrogens with zero attached hydrogens (tertiary/aromatic N) is 3. The summed E-state index contributed by atoms with van der Waals surface area (Å²) >= 11 is 0. The number of carbonyl (C=O) groups excluding carboxylic acids is 1. The number of carbonyl (C=O) groups is 1. The van der Waals surface area contributed by atoms with Gasteiger partial charge in [0.05, 0.1) is 36.6 Å². The molecule has 0 unspecified atom stereocenters. The lowest BCUT2D eigenvalue weighted by atomic mass is 9.98. The lowest BCUT2D eigenvalue weighted by Gasteiger charge is -2.19. The zero-order valence-electron chi connectivity index (χ0n) is 26.6. The van der Waals surface area contributed by atoms with Crippen LogP contribution in [-0.2, 0) is 18.3 Å². The van der Waals surface area contributed by atoms with Gasteiger partial charge < -0.3 is 29.4 Å². The number of fused-ring (bicyclic) bond motifs is 2. The van der Waals surface area contributed by atoms with Crippen LogP contribution in [0.1, 0.15) is 54.5 Å². The van der Waals surface area contributed by atoms with Crippen LogP contribution in [0.3, 0.4) is 0 Å².